The first kappa shape index (κ1) is 28.6. The predicted octanol–water partition coefficient (Wildman–Crippen LogP) is 3.28. The summed E-state index contributed by atoms with van der Waals surface area (Å²) in [5, 5.41) is 6.17. The molecule has 208 valence electrons. The summed E-state index contributed by atoms with van der Waals surface area (Å²) in [7, 11) is 3.09. The lowest BCUT2D eigenvalue weighted by Gasteiger charge is -2.15. The molecule has 0 unspecified atom stereocenters. The minimum Gasteiger partial charge on any atom is -0.495 e. The molecule has 11 heteroatoms. The second-order valence-corrected chi connectivity index (χ2v) is 9.38. The van der Waals surface area contributed by atoms with Crippen LogP contribution >= 0.6 is 11.6 Å². The summed E-state index contributed by atoms with van der Waals surface area (Å²) in [4.78, 5) is 52.1. The Hall–Kier alpha value is -4.41. The maximum absolute atomic E-state index is 13.5. The number of amides is 2. The molecule has 0 saturated carbocycles. The average Bonchev–Trinajstić information content (AvgIpc) is 2.96. The first-order valence-corrected chi connectivity index (χ1v) is 12.9. The van der Waals surface area contributed by atoms with E-state index in [0.717, 1.165) is 4.57 Å². The third-order valence-corrected chi connectivity index (χ3v) is 6.53. The van der Waals surface area contributed by atoms with Crippen molar-refractivity contribution in [3.8, 4) is 5.75 Å². The number of anilines is 1. The first-order valence-electron chi connectivity index (χ1n) is 12.5. The van der Waals surface area contributed by atoms with Gasteiger partial charge in [-0.25, -0.2) is 4.79 Å². The Morgan fingerprint density at radius 2 is 1.70 bits per heavy atom. The van der Waals surface area contributed by atoms with Crippen LogP contribution < -0.4 is 26.6 Å². The zero-order chi connectivity index (χ0) is 28.6. The third kappa shape index (κ3) is 6.59. The minimum absolute atomic E-state index is 0.0338. The molecule has 40 heavy (non-hydrogen) atoms. The zero-order valence-electron chi connectivity index (χ0n) is 22.1. The molecule has 2 amide bonds. The van der Waals surface area contributed by atoms with Crippen molar-refractivity contribution in [1.29, 1.82) is 0 Å². The maximum atomic E-state index is 13.5. The van der Waals surface area contributed by atoms with Gasteiger partial charge in [0.1, 0.15) is 12.3 Å². The second kappa shape index (κ2) is 13.1. The Labute approximate surface area is 235 Å². The van der Waals surface area contributed by atoms with E-state index >= 15 is 0 Å². The number of halogens is 1. The number of aromatic nitrogens is 2. The number of hydrogen-bond acceptors (Lipinski definition) is 6. The molecule has 1 aromatic heterocycles. The predicted molar refractivity (Wildman–Crippen MR) is 153 cm³/mol. The van der Waals surface area contributed by atoms with E-state index < -0.39 is 17.2 Å². The van der Waals surface area contributed by atoms with Crippen LogP contribution in [0, 0.1) is 0 Å². The molecule has 4 rings (SSSR count). The number of benzene rings is 3. The molecule has 0 aliphatic rings. The second-order valence-electron chi connectivity index (χ2n) is 8.97. The molecule has 0 saturated heterocycles. The van der Waals surface area contributed by atoms with Crippen molar-refractivity contribution >= 4 is 40.0 Å². The van der Waals surface area contributed by atoms with E-state index in [1.807, 2.05) is 0 Å². The number of carbonyl (C=O) groups excluding carboxylic acids is 2. The minimum atomic E-state index is -0.633. The molecule has 3 aromatic carbocycles. The van der Waals surface area contributed by atoms with Gasteiger partial charge in [-0.1, -0.05) is 35.9 Å². The van der Waals surface area contributed by atoms with Crippen LogP contribution in [-0.2, 0) is 22.6 Å². The van der Waals surface area contributed by atoms with Crippen LogP contribution in [0.3, 0.4) is 0 Å². The zero-order valence-corrected chi connectivity index (χ0v) is 22.9. The fourth-order valence-electron chi connectivity index (χ4n) is 4.22. The summed E-state index contributed by atoms with van der Waals surface area (Å²) in [6.07, 6.45) is 0.698. The summed E-state index contributed by atoms with van der Waals surface area (Å²) in [6, 6.07) is 18.1. The van der Waals surface area contributed by atoms with Crippen LogP contribution in [-0.4, -0.2) is 48.3 Å². The fraction of sp³-hybridized carbons (Fsp3) is 0.241. The number of fused-ring (bicyclic) bond motifs is 1. The van der Waals surface area contributed by atoms with Gasteiger partial charge in [0.05, 0.1) is 29.6 Å². The molecule has 0 radical (unpaired) electrons. The van der Waals surface area contributed by atoms with Crippen molar-refractivity contribution in [2.75, 3.05) is 32.7 Å². The van der Waals surface area contributed by atoms with Gasteiger partial charge in [0.2, 0.25) is 5.91 Å². The molecule has 0 atom stereocenters. The molecule has 0 spiro atoms. The van der Waals surface area contributed by atoms with E-state index in [1.54, 1.807) is 73.8 Å². The summed E-state index contributed by atoms with van der Waals surface area (Å²) in [5.41, 5.74) is 0.779. The van der Waals surface area contributed by atoms with Gasteiger partial charge in [-0.2, -0.15) is 0 Å². The lowest BCUT2D eigenvalue weighted by molar-refractivity contribution is -0.116. The fourth-order valence-corrected chi connectivity index (χ4v) is 4.47. The van der Waals surface area contributed by atoms with Gasteiger partial charge in [0, 0.05) is 31.5 Å². The summed E-state index contributed by atoms with van der Waals surface area (Å²) in [5.74, 6) is -0.235. The monoisotopic (exact) mass is 564 g/mol. The van der Waals surface area contributed by atoms with Gasteiger partial charge in [-0.15, -0.1) is 0 Å². The number of nitrogens with zero attached hydrogens (tertiary/aromatic N) is 2. The summed E-state index contributed by atoms with van der Waals surface area (Å²) >= 11 is 6.16. The lowest BCUT2D eigenvalue weighted by atomic mass is 10.1. The molecule has 2 N–H and O–H groups in total. The summed E-state index contributed by atoms with van der Waals surface area (Å²) in [6.45, 7) is 0.674. The smallest absolute Gasteiger partial charge is 0.332 e. The van der Waals surface area contributed by atoms with Crippen molar-refractivity contribution in [2.45, 2.75) is 19.5 Å². The van der Waals surface area contributed by atoms with Crippen LogP contribution in [0.5, 0.6) is 5.75 Å². The van der Waals surface area contributed by atoms with Gasteiger partial charge in [-0.3, -0.25) is 23.5 Å². The number of nitrogens with one attached hydrogen (secondary N) is 2. The van der Waals surface area contributed by atoms with E-state index in [-0.39, 0.29) is 19.0 Å². The van der Waals surface area contributed by atoms with Crippen molar-refractivity contribution in [1.82, 2.24) is 14.5 Å². The van der Waals surface area contributed by atoms with Gasteiger partial charge < -0.3 is 20.1 Å². The quantitative estimate of drug-likeness (QED) is 0.270. The van der Waals surface area contributed by atoms with E-state index in [0.29, 0.717) is 58.1 Å². The molecule has 4 aromatic rings. The standard InChI is InChI=1S/C29H29ClN4O6/c1-39-15-5-14-31-27(36)20-10-8-19(9-11-20)17-34-28(37)22-6-3-4-7-24(22)33(29(34)38)18-26(35)32-21-12-13-25(40-2)23(30)16-21/h3-4,6-13,16H,5,14-15,17-18H2,1-2H3,(H,31,36)(H,32,35). The van der Waals surface area contributed by atoms with Gasteiger partial charge >= 0.3 is 5.69 Å². The topological polar surface area (TPSA) is 121 Å². The largest absolute Gasteiger partial charge is 0.495 e. The molecule has 0 aliphatic heterocycles. The third-order valence-electron chi connectivity index (χ3n) is 6.24. The Morgan fingerprint density at radius 1 is 0.950 bits per heavy atom. The van der Waals surface area contributed by atoms with Crippen molar-refractivity contribution in [3.63, 3.8) is 0 Å². The number of para-hydroxylation sites is 1. The number of carbonyl (C=O) groups is 2. The van der Waals surface area contributed by atoms with Gasteiger partial charge in [0.25, 0.3) is 11.5 Å². The molecule has 10 nitrogen and oxygen atoms in total. The molecule has 0 aliphatic carbocycles. The van der Waals surface area contributed by atoms with Crippen LogP contribution in [0.15, 0.2) is 76.3 Å². The average molecular weight is 565 g/mol. The highest BCUT2D eigenvalue weighted by atomic mass is 35.5. The maximum Gasteiger partial charge on any atom is 0.332 e. The van der Waals surface area contributed by atoms with Crippen LogP contribution in [0.4, 0.5) is 5.69 Å². The number of ether oxygens (including phenoxy) is 2. The van der Waals surface area contributed by atoms with E-state index in [1.165, 1.54) is 11.7 Å². The number of rotatable bonds is 11. The van der Waals surface area contributed by atoms with Crippen LogP contribution in [0.1, 0.15) is 22.3 Å². The SMILES string of the molecule is COCCCNC(=O)c1ccc(Cn2c(=O)c3ccccc3n(CC(=O)Nc3ccc(OC)c(Cl)c3)c2=O)cc1. The van der Waals surface area contributed by atoms with E-state index in [9.17, 15) is 19.2 Å². The summed E-state index contributed by atoms with van der Waals surface area (Å²) < 4.78 is 12.5. The molecular formula is C29H29ClN4O6. The Morgan fingerprint density at radius 3 is 2.40 bits per heavy atom. The highest BCUT2D eigenvalue weighted by molar-refractivity contribution is 6.32. The molecule has 1 heterocycles. The van der Waals surface area contributed by atoms with Crippen LogP contribution in [0.25, 0.3) is 10.9 Å². The first-order chi connectivity index (χ1) is 19.3. The van der Waals surface area contributed by atoms with Crippen molar-refractivity contribution in [3.05, 3.63) is 104 Å². The van der Waals surface area contributed by atoms with Crippen molar-refractivity contribution in [2.24, 2.45) is 0 Å². The molecule has 0 bridgehead atoms. The Kier molecular flexibility index (Phi) is 9.36. The van der Waals surface area contributed by atoms with Crippen molar-refractivity contribution < 1.29 is 19.1 Å². The Balaban J connectivity index is 1.58. The van der Waals surface area contributed by atoms with Gasteiger partial charge in [-0.05, 0) is 54.4 Å². The normalized spacial score (nSPS) is 10.9. The van der Waals surface area contributed by atoms with Gasteiger partial charge in [0.15, 0.2) is 0 Å². The number of hydrogen-bond donors (Lipinski definition) is 2. The van der Waals surface area contributed by atoms with E-state index in [2.05, 4.69) is 10.6 Å². The number of methoxy groups -OCH3 is 2. The van der Waals surface area contributed by atoms with Crippen LogP contribution in [0.2, 0.25) is 5.02 Å². The highest BCUT2D eigenvalue weighted by Gasteiger charge is 2.16. The lowest BCUT2D eigenvalue weighted by Crippen LogP contribution is -2.42. The Bertz CT molecular complexity index is 1650. The molecule has 0 fully saturated rings. The highest BCUT2D eigenvalue weighted by Crippen LogP contribution is 2.27. The van der Waals surface area contributed by atoms with E-state index in [4.69, 9.17) is 21.1 Å². The molecular weight excluding hydrogens is 536 g/mol.